The Kier molecular flexibility index (Phi) is 7.19. The van der Waals surface area contributed by atoms with Crippen LogP contribution in [-0.2, 0) is 11.4 Å². The Hall–Kier alpha value is -3.19. The Morgan fingerprint density at radius 3 is 2.67 bits per heavy atom. The minimum Gasteiger partial charge on any atom is -0.493 e. The van der Waals surface area contributed by atoms with Crippen LogP contribution in [0.4, 0.5) is 5.69 Å². The number of methoxy groups -OCH3 is 1. The number of carbonyl (C=O) groups is 1. The van der Waals surface area contributed by atoms with E-state index < -0.39 is 4.92 Å². The molecule has 30 heavy (non-hydrogen) atoms. The number of nitrogens with zero attached hydrogens (tertiary/aromatic N) is 2. The highest BCUT2D eigenvalue weighted by Gasteiger charge is 2.24. The Morgan fingerprint density at radius 1 is 1.23 bits per heavy atom. The molecule has 1 fully saturated rings. The smallest absolute Gasteiger partial charge is 0.315 e. The maximum absolute atomic E-state index is 12.4. The van der Waals surface area contributed by atoms with Crippen LogP contribution in [0.1, 0.15) is 30.9 Å². The molecule has 1 heterocycles. The van der Waals surface area contributed by atoms with E-state index in [1.54, 1.807) is 12.1 Å². The van der Waals surface area contributed by atoms with Crippen LogP contribution in [-0.4, -0.2) is 42.4 Å². The van der Waals surface area contributed by atoms with E-state index in [2.05, 4.69) is 11.8 Å². The van der Waals surface area contributed by atoms with E-state index in [0.717, 1.165) is 25.1 Å². The van der Waals surface area contributed by atoms with E-state index in [-0.39, 0.29) is 29.6 Å². The Morgan fingerprint density at radius 2 is 2.00 bits per heavy atom. The van der Waals surface area contributed by atoms with Gasteiger partial charge in [0.05, 0.1) is 12.0 Å². The van der Waals surface area contributed by atoms with Crippen molar-refractivity contribution < 1.29 is 19.2 Å². The zero-order valence-corrected chi connectivity index (χ0v) is 17.3. The fourth-order valence-corrected chi connectivity index (χ4v) is 3.52. The molecule has 0 bridgehead atoms. The van der Waals surface area contributed by atoms with Crippen molar-refractivity contribution in [1.29, 1.82) is 0 Å². The third-order valence-electron chi connectivity index (χ3n) is 4.99. The van der Waals surface area contributed by atoms with Crippen molar-refractivity contribution in [3.63, 3.8) is 0 Å². The van der Waals surface area contributed by atoms with E-state index in [0.29, 0.717) is 24.1 Å². The SMILES string of the molecule is CCCN1CCC(=O)/C(=C/c2cc(OC)c(OCc3ccccc3)c([N+](=O)[O-])c2)C1. The zero-order chi connectivity index (χ0) is 21.5. The van der Waals surface area contributed by atoms with Gasteiger partial charge in [0.2, 0.25) is 5.75 Å². The van der Waals surface area contributed by atoms with Crippen LogP contribution in [0, 0.1) is 10.1 Å². The molecule has 2 aromatic rings. The van der Waals surface area contributed by atoms with Gasteiger partial charge in [0, 0.05) is 31.1 Å². The number of ketones is 1. The monoisotopic (exact) mass is 410 g/mol. The van der Waals surface area contributed by atoms with Gasteiger partial charge in [-0.2, -0.15) is 0 Å². The predicted molar refractivity (Wildman–Crippen MR) is 115 cm³/mol. The molecule has 0 aliphatic carbocycles. The van der Waals surface area contributed by atoms with Gasteiger partial charge in [-0.05, 0) is 36.2 Å². The standard InChI is InChI=1S/C23H26N2O5/c1-3-10-24-11-9-21(26)19(15-24)12-18-13-20(25(27)28)23(22(14-18)29-2)30-16-17-7-5-4-6-8-17/h4-8,12-14H,3,9-11,15-16H2,1-2H3/b19-12+. The molecule has 0 atom stereocenters. The number of nitro benzene ring substituents is 1. The van der Waals surface area contributed by atoms with Gasteiger partial charge in [0.15, 0.2) is 11.5 Å². The molecule has 1 aliphatic rings. The first-order valence-corrected chi connectivity index (χ1v) is 10.0. The summed E-state index contributed by atoms with van der Waals surface area (Å²) in [5.74, 6) is 0.421. The summed E-state index contributed by atoms with van der Waals surface area (Å²) in [6.07, 6.45) is 3.19. The maximum atomic E-state index is 12.4. The molecule has 7 nitrogen and oxygen atoms in total. The molecule has 0 unspecified atom stereocenters. The van der Waals surface area contributed by atoms with Crippen LogP contribution in [0.3, 0.4) is 0 Å². The second-order valence-corrected chi connectivity index (χ2v) is 7.22. The van der Waals surface area contributed by atoms with Crippen LogP contribution in [0.15, 0.2) is 48.0 Å². The van der Waals surface area contributed by atoms with Crippen molar-refractivity contribution in [3.05, 3.63) is 69.3 Å². The summed E-state index contributed by atoms with van der Waals surface area (Å²) in [5, 5.41) is 11.7. The molecule has 1 saturated heterocycles. The van der Waals surface area contributed by atoms with Crippen LogP contribution >= 0.6 is 0 Å². The van der Waals surface area contributed by atoms with Crippen molar-refractivity contribution in [2.45, 2.75) is 26.4 Å². The predicted octanol–water partition coefficient (Wildman–Crippen LogP) is 4.25. The summed E-state index contributed by atoms with van der Waals surface area (Å²) in [5.41, 5.74) is 1.91. The van der Waals surface area contributed by atoms with Crippen molar-refractivity contribution in [2.24, 2.45) is 0 Å². The maximum Gasteiger partial charge on any atom is 0.315 e. The number of piperidine rings is 1. The third-order valence-corrected chi connectivity index (χ3v) is 4.99. The number of rotatable bonds is 8. The summed E-state index contributed by atoms with van der Waals surface area (Å²) in [6, 6.07) is 12.5. The molecule has 7 heteroatoms. The number of carbonyl (C=O) groups excluding carboxylic acids is 1. The summed E-state index contributed by atoms with van der Waals surface area (Å²) in [4.78, 5) is 25.8. The van der Waals surface area contributed by atoms with E-state index in [9.17, 15) is 14.9 Å². The van der Waals surface area contributed by atoms with E-state index in [4.69, 9.17) is 9.47 Å². The Labute approximate surface area is 176 Å². The largest absolute Gasteiger partial charge is 0.493 e. The van der Waals surface area contributed by atoms with Crippen LogP contribution in [0.25, 0.3) is 6.08 Å². The van der Waals surface area contributed by atoms with Crippen LogP contribution in [0.5, 0.6) is 11.5 Å². The summed E-state index contributed by atoms with van der Waals surface area (Å²) in [6.45, 7) is 4.50. The molecule has 158 valence electrons. The lowest BCUT2D eigenvalue weighted by atomic mass is 9.99. The number of ether oxygens (including phenoxy) is 2. The summed E-state index contributed by atoms with van der Waals surface area (Å²) < 4.78 is 11.1. The second kappa shape index (κ2) is 10.0. The highest BCUT2D eigenvalue weighted by molar-refractivity contribution is 6.00. The fourth-order valence-electron chi connectivity index (χ4n) is 3.52. The zero-order valence-electron chi connectivity index (χ0n) is 17.3. The van der Waals surface area contributed by atoms with E-state index >= 15 is 0 Å². The minimum atomic E-state index is -0.489. The molecular weight excluding hydrogens is 384 g/mol. The van der Waals surface area contributed by atoms with Crippen molar-refractivity contribution in [1.82, 2.24) is 4.90 Å². The molecule has 0 aromatic heterocycles. The average molecular weight is 410 g/mol. The molecule has 0 saturated carbocycles. The molecule has 3 rings (SSSR count). The van der Waals surface area contributed by atoms with Gasteiger partial charge in [0.25, 0.3) is 0 Å². The number of hydrogen-bond donors (Lipinski definition) is 0. The highest BCUT2D eigenvalue weighted by Crippen LogP contribution is 2.39. The molecule has 0 N–H and O–H groups in total. The first kappa shape index (κ1) is 21.5. The van der Waals surface area contributed by atoms with Crippen LogP contribution < -0.4 is 9.47 Å². The van der Waals surface area contributed by atoms with Gasteiger partial charge in [-0.25, -0.2) is 0 Å². The van der Waals surface area contributed by atoms with Crippen LogP contribution in [0.2, 0.25) is 0 Å². The van der Waals surface area contributed by atoms with Gasteiger partial charge < -0.3 is 9.47 Å². The first-order valence-electron chi connectivity index (χ1n) is 10.0. The van der Waals surface area contributed by atoms with Gasteiger partial charge >= 0.3 is 5.69 Å². The summed E-state index contributed by atoms with van der Waals surface area (Å²) >= 11 is 0. The second-order valence-electron chi connectivity index (χ2n) is 7.22. The van der Waals surface area contributed by atoms with Crippen molar-refractivity contribution >= 4 is 17.5 Å². The van der Waals surface area contributed by atoms with Gasteiger partial charge in [-0.15, -0.1) is 0 Å². The number of benzene rings is 2. The molecule has 2 aromatic carbocycles. The Balaban J connectivity index is 1.92. The van der Waals surface area contributed by atoms with Gasteiger partial charge in [-0.3, -0.25) is 19.8 Å². The van der Waals surface area contributed by atoms with Crippen molar-refractivity contribution in [3.8, 4) is 11.5 Å². The molecule has 0 amide bonds. The van der Waals surface area contributed by atoms with E-state index in [1.165, 1.54) is 13.2 Å². The average Bonchev–Trinajstić information content (AvgIpc) is 2.75. The molecular formula is C23H26N2O5. The molecule has 0 spiro atoms. The number of Topliss-reactive ketones (excluding diaryl/α,β-unsaturated/α-hetero) is 1. The van der Waals surface area contributed by atoms with E-state index in [1.807, 2.05) is 30.3 Å². The van der Waals surface area contributed by atoms with Gasteiger partial charge in [0.1, 0.15) is 6.61 Å². The lowest BCUT2D eigenvalue weighted by molar-refractivity contribution is -0.386. The number of hydrogen-bond acceptors (Lipinski definition) is 6. The van der Waals surface area contributed by atoms with Gasteiger partial charge in [-0.1, -0.05) is 37.3 Å². The first-order chi connectivity index (χ1) is 14.5. The Bertz CT molecular complexity index is 940. The quantitative estimate of drug-likeness (QED) is 0.368. The lowest BCUT2D eigenvalue weighted by Crippen LogP contribution is -2.36. The number of likely N-dealkylation sites (tertiary alicyclic amines) is 1. The fraction of sp³-hybridized carbons (Fsp3) is 0.348. The third kappa shape index (κ3) is 5.24. The number of nitro groups is 1. The highest BCUT2D eigenvalue weighted by atomic mass is 16.6. The molecule has 0 radical (unpaired) electrons. The topological polar surface area (TPSA) is 81.9 Å². The molecule has 1 aliphatic heterocycles. The minimum absolute atomic E-state index is 0.0772. The summed E-state index contributed by atoms with van der Waals surface area (Å²) in [7, 11) is 1.44. The normalized spacial score (nSPS) is 15.9. The van der Waals surface area contributed by atoms with Crippen molar-refractivity contribution in [2.75, 3.05) is 26.7 Å². The lowest BCUT2D eigenvalue weighted by Gasteiger charge is -2.27.